The molecule has 1 heterocycles. The molecule has 0 aliphatic carbocycles. The predicted octanol–water partition coefficient (Wildman–Crippen LogP) is 16.1. The lowest BCUT2D eigenvalue weighted by Gasteiger charge is -2.18. The molecule has 0 saturated heterocycles. The zero-order valence-electron chi connectivity index (χ0n) is 30.9. The summed E-state index contributed by atoms with van der Waals surface area (Å²) in [6, 6.07) is 71.7. The molecule has 0 aliphatic rings. The summed E-state index contributed by atoms with van der Waals surface area (Å²) in [4.78, 5) is 0. The molecule has 0 fully saturated rings. The van der Waals surface area contributed by atoms with Crippen LogP contribution in [0.1, 0.15) is 0 Å². The van der Waals surface area contributed by atoms with E-state index in [1.165, 1.54) is 103 Å². The Morgan fingerprint density at radius 1 is 0.246 bits per heavy atom. The Hall–Kier alpha value is -7.48. The molecule has 12 aromatic carbocycles. The van der Waals surface area contributed by atoms with Crippen LogP contribution in [0.15, 0.2) is 199 Å². The highest BCUT2D eigenvalue weighted by Crippen LogP contribution is 2.48. The van der Waals surface area contributed by atoms with Gasteiger partial charge in [-0.05, 0) is 139 Å². The van der Waals surface area contributed by atoms with Crippen LogP contribution in [0.3, 0.4) is 0 Å². The van der Waals surface area contributed by atoms with Crippen molar-refractivity contribution in [2.75, 3.05) is 0 Å². The monoisotopic (exact) mass is 720 g/mol. The zero-order valence-corrected chi connectivity index (χ0v) is 30.9. The number of furan rings is 1. The molecule has 1 nitrogen and oxygen atoms in total. The Balaban J connectivity index is 1.18. The van der Waals surface area contributed by atoms with Crippen LogP contribution in [0, 0.1) is 0 Å². The van der Waals surface area contributed by atoms with Crippen molar-refractivity contribution < 1.29 is 4.42 Å². The minimum absolute atomic E-state index is 0.895. The summed E-state index contributed by atoms with van der Waals surface area (Å²) in [5, 5.41) is 19.8. The van der Waals surface area contributed by atoms with Gasteiger partial charge in [-0.15, -0.1) is 0 Å². The van der Waals surface area contributed by atoms with Gasteiger partial charge >= 0.3 is 0 Å². The molecule has 0 unspecified atom stereocenters. The average Bonchev–Trinajstić information content (AvgIpc) is 3.63. The number of hydrogen-bond acceptors (Lipinski definition) is 1. The lowest BCUT2D eigenvalue weighted by Crippen LogP contribution is -1.91. The molecule has 0 bridgehead atoms. The molecular weight excluding hydrogens is 689 g/mol. The van der Waals surface area contributed by atoms with Crippen molar-refractivity contribution in [3.8, 4) is 33.4 Å². The molecule has 0 aliphatic heterocycles. The molecule has 57 heavy (non-hydrogen) atoms. The second-order valence-corrected chi connectivity index (χ2v) is 15.6. The van der Waals surface area contributed by atoms with E-state index in [2.05, 4.69) is 194 Å². The van der Waals surface area contributed by atoms with Crippen molar-refractivity contribution in [2.24, 2.45) is 0 Å². The van der Waals surface area contributed by atoms with Gasteiger partial charge in [0.25, 0.3) is 0 Å². The first kappa shape index (κ1) is 30.8. The molecule has 13 rings (SSSR count). The molecule has 0 amide bonds. The number of rotatable bonds is 3. The lowest BCUT2D eigenvalue weighted by molar-refractivity contribution is 0.669. The standard InChI is InChI=1S/C56H32O/c1-2-10-33(11-3-1)42-23-19-35-22-27-46-44(24-20-36-21-26-45(42)54(35)55(36)46)49-30-40(32-52-56(49)50-28-37-13-4-5-14-38(37)31-51(50)57-52)53-43-17-9-7-15-39(43)29-48-41-16-8-6-12-34(41)18-25-47(48)53/h1-32H. The highest BCUT2D eigenvalue weighted by Gasteiger charge is 2.22. The summed E-state index contributed by atoms with van der Waals surface area (Å²) < 4.78 is 6.97. The summed E-state index contributed by atoms with van der Waals surface area (Å²) in [5.74, 6) is 0. The van der Waals surface area contributed by atoms with Crippen molar-refractivity contribution >= 4 is 97.3 Å². The highest BCUT2D eigenvalue weighted by atomic mass is 16.3. The highest BCUT2D eigenvalue weighted by molar-refractivity contribution is 6.30. The Morgan fingerprint density at radius 2 is 0.825 bits per heavy atom. The Morgan fingerprint density at radius 3 is 1.61 bits per heavy atom. The first-order chi connectivity index (χ1) is 28.2. The Kier molecular flexibility index (Phi) is 6.23. The molecule has 0 saturated carbocycles. The largest absolute Gasteiger partial charge is 0.456 e. The van der Waals surface area contributed by atoms with E-state index in [0.717, 1.165) is 27.5 Å². The van der Waals surface area contributed by atoms with Crippen LogP contribution < -0.4 is 0 Å². The minimum Gasteiger partial charge on any atom is -0.456 e. The molecule has 13 aromatic rings. The maximum atomic E-state index is 6.97. The minimum atomic E-state index is 0.895. The van der Waals surface area contributed by atoms with Crippen molar-refractivity contribution in [1.82, 2.24) is 0 Å². The van der Waals surface area contributed by atoms with Crippen LogP contribution in [0.4, 0.5) is 0 Å². The van der Waals surface area contributed by atoms with Crippen molar-refractivity contribution in [3.63, 3.8) is 0 Å². The fourth-order valence-corrected chi connectivity index (χ4v) is 9.98. The molecular formula is C56H32O. The second kappa shape index (κ2) is 11.5. The maximum absolute atomic E-state index is 6.97. The molecule has 0 radical (unpaired) electrons. The topological polar surface area (TPSA) is 13.1 Å². The van der Waals surface area contributed by atoms with E-state index < -0.39 is 0 Å². The normalized spacial score (nSPS) is 12.2. The predicted molar refractivity (Wildman–Crippen MR) is 244 cm³/mol. The van der Waals surface area contributed by atoms with E-state index in [-0.39, 0.29) is 0 Å². The summed E-state index contributed by atoms with van der Waals surface area (Å²) in [6.07, 6.45) is 0. The SMILES string of the molecule is c1ccc(-c2ccc3ccc4c(-c5cc(-c6c7ccccc7cc7c6ccc6ccccc67)cc6oc7cc8ccccc8cc7c56)ccc5ccc2c3c54)cc1. The fraction of sp³-hybridized carbons (Fsp3) is 0. The Labute approximate surface area is 328 Å². The van der Waals surface area contributed by atoms with Crippen molar-refractivity contribution in [1.29, 1.82) is 0 Å². The summed E-state index contributed by atoms with van der Waals surface area (Å²) in [7, 11) is 0. The van der Waals surface area contributed by atoms with Gasteiger partial charge in [0.05, 0.1) is 0 Å². The molecule has 1 heteroatoms. The summed E-state index contributed by atoms with van der Waals surface area (Å²) in [5.41, 5.74) is 9.06. The van der Waals surface area contributed by atoms with Crippen LogP contribution in [0.25, 0.3) is 131 Å². The number of benzene rings is 12. The van der Waals surface area contributed by atoms with Crippen LogP contribution in [0.2, 0.25) is 0 Å². The van der Waals surface area contributed by atoms with E-state index in [1.54, 1.807) is 0 Å². The van der Waals surface area contributed by atoms with E-state index in [1.807, 2.05) is 0 Å². The van der Waals surface area contributed by atoms with Gasteiger partial charge in [0.15, 0.2) is 0 Å². The second-order valence-electron chi connectivity index (χ2n) is 15.6. The quantitative estimate of drug-likeness (QED) is 0.131. The Bertz CT molecular complexity index is 3790. The molecule has 262 valence electrons. The van der Waals surface area contributed by atoms with Crippen LogP contribution in [0.5, 0.6) is 0 Å². The van der Waals surface area contributed by atoms with Gasteiger partial charge in [-0.1, -0.05) is 164 Å². The van der Waals surface area contributed by atoms with Crippen molar-refractivity contribution in [3.05, 3.63) is 194 Å². The maximum Gasteiger partial charge on any atom is 0.136 e. The molecule has 0 atom stereocenters. The molecule has 0 N–H and O–H groups in total. The smallest absolute Gasteiger partial charge is 0.136 e. The molecule has 1 aromatic heterocycles. The van der Waals surface area contributed by atoms with Crippen LogP contribution in [-0.4, -0.2) is 0 Å². The lowest BCUT2D eigenvalue weighted by atomic mass is 9.85. The third-order valence-corrected chi connectivity index (χ3v) is 12.5. The van der Waals surface area contributed by atoms with Gasteiger partial charge in [-0.25, -0.2) is 0 Å². The average molecular weight is 721 g/mol. The van der Waals surface area contributed by atoms with Gasteiger partial charge in [-0.3, -0.25) is 0 Å². The third-order valence-electron chi connectivity index (χ3n) is 12.5. The summed E-state index contributed by atoms with van der Waals surface area (Å²) in [6.45, 7) is 0. The van der Waals surface area contributed by atoms with E-state index in [4.69, 9.17) is 4.42 Å². The summed E-state index contributed by atoms with van der Waals surface area (Å²) >= 11 is 0. The fourth-order valence-electron chi connectivity index (χ4n) is 9.98. The van der Waals surface area contributed by atoms with Gasteiger partial charge < -0.3 is 4.42 Å². The first-order valence-corrected chi connectivity index (χ1v) is 19.7. The third kappa shape index (κ3) is 4.40. The van der Waals surface area contributed by atoms with Crippen LogP contribution >= 0.6 is 0 Å². The number of fused-ring (bicyclic) bond motifs is 8. The zero-order chi connectivity index (χ0) is 37.2. The van der Waals surface area contributed by atoms with Gasteiger partial charge in [-0.2, -0.15) is 0 Å². The first-order valence-electron chi connectivity index (χ1n) is 19.7. The van der Waals surface area contributed by atoms with Gasteiger partial charge in [0, 0.05) is 10.8 Å². The number of hydrogen-bond donors (Lipinski definition) is 0. The molecule has 0 spiro atoms. The van der Waals surface area contributed by atoms with E-state index >= 15 is 0 Å². The van der Waals surface area contributed by atoms with Crippen molar-refractivity contribution in [2.45, 2.75) is 0 Å². The van der Waals surface area contributed by atoms with Gasteiger partial charge in [0.2, 0.25) is 0 Å². The van der Waals surface area contributed by atoms with E-state index in [0.29, 0.717) is 0 Å². The van der Waals surface area contributed by atoms with Crippen LogP contribution in [-0.2, 0) is 0 Å². The van der Waals surface area contributed by atoms with E-state index in [9.17, 15) is 0 Å². The van der Waals surface area contributed by atoms with Gasteiger partial charge in [0.1, 0.15) is 11.2 Å².